The van der Waals surface area contributed by atoms with Gasteiger partial charge in [-0.05, 0) is 63.8 Å². The molecule has 1 saturated heterocycles. The summed E-state index contributed by atoms with van der Waals surface area (Å²) in [7, 11) is 2.09. The van der Waals surface area contributed by atoms with E-state index in [9.17, 15) is 4.79 Å². The van der Waals surface area contributed by atoms with Gasteiger partial charge in [-0.2, -0.15) is 0 Å². The van der Waals surface area contributed by atoms with Crippen LogP contribution in [-0.4, -0.2) is 49.0 Å². The number of rotatable bonds is 2. The fourth-order valence-corrected chi connectivity index (χ4v) is 2.71. The van der Waals surface area contributed by atoms with Gasteiger partial charge >= 0.3 is 0 Å². The van der Waals surface area contributed by atoms with E-state index in [2.05, 4.69) is 55.9 Å². The number of nitrogens with one attached hydrogen (secondary N) is 1. The number of halogens is 2. The molecule has 1 N–H and O–H groups in total. The molecule has 0 saturated carbocycles. The van der Waals surface area contributed by atoms with Gasteiger partial charge in [0, 0.05) is 34.2 Å². The van der Waals surface area contributed by atoms with Gasteiger partial charge in [-0.15, -0.1) is 0 Å². The second kappa shape index (κ2) is 6.31. The lowest BCUT2D eigenvalue weighted by atomic mass is 10.2. The highest BCUT2D eigenvalue weighted by molar-refractivity contribution is 14.1. The molecule has 1 amide bonds. The van der Waals surface area contributed by atoms with Gasteiger partial charge in [-0.25, -0.2) is 5.01 Å². The van der Waals surface area contributed by atoms with Crippen molar-refractivity contribution in [2.45, 2.75) is 0 Å². The first-order valence-electron chi connectivity index (χ1n) is 5.76. The molecule has 98 valence electrons. The minimum absolute atomic E-state index is 0.0510. The summed E-state index contributed by atoms with van der Waals surface area (Å²) in [5, 5.41) is 1.98. The van der Waals surface area contributed by atoms with Crippen molar-refractivity contribution in [1.82, 2.24) is 15.3 Å². The van der Waals surface area contributed by atoms with Crippen molar-refractivity contribution in [3.8, 4) is 0 Å². The Bertz CT molecular complexity index is 447. The predicted octanol–water partition coefficient (Wildman–Crippen LogP) is 1.95. The molecule has 1 aromatic carbocycles. The van der Waals surface area contributed by atoms with E-state index in [-0.39, 0.29) is 5.91 Å². The van der Waals surface area contributed by atoms with Crippen LogP contribution in [0.1, 0.15) is 10.4 Å². The zero-order chi connectivity index (χ0) is 13.1. The number of hydrazine groups is 1. The monoisotopic (exact) mass is 423 g/mol. The van der Waals surface area contributed by atoms with E-state index in [1.165, 1.54) is 0 Å². The van der Waals surface area contributed by atoms with Crippen molar-refractivity contribution in [2.24, 2.45) is 0 Å². The lowest BCUT2D eigenvalue weighted by Crippen LogP contribution is -2.52. The average Bonchev–Trinajstić information content (AvgIpc) is 2.35. The minimum atomic E-state index is -0.0510. The molecule has 1 aromatic rings. The molecular weight excluding hydrogens is 409 g/mol. The van der Waals surface area contributed by atoms with Gasteiger partial charge in [0.1, 0.15) is 0 Å². The maximum atomic E-state index is 12.2. The number of hydrogen-bond acceptors (Lipinski definition) is 3. The van der Waals surface area contributed by atoms with Crippen LogP contribution in [0.4, 0.5) is 0 Å². The Morgan fingerprint density at radius 3 is 2.67 bits per heavy atom. The van der Waals surface area contributed by atoms with Crippen LogP contribution < -0.4 is 5.43 Å². The first-order chi connectivity index (χ1) is 8.56. The molecule has 6 heteroatoms. The average molecular weight is 424 g/mol. The van der Waals surface area contributed by atoms with Gasteiger partial charge < -0.3 is 4.90 Å². The second-order valence-electron chi connectivity index (χ2n) is 4.36. The fourth-order valence-electron chi connectivity index (χ4n) is 1.79. The zero-order valence-electron chi connectivity index (χ0n) is 10.1. The van der Waals surface area contributed by atoms with E-state index in [4.69, 9.17) is 0 Å². The molecule has 1 heterocycles. The number of piperazine rings is 1. The lowest BCUT2D eigenvalue weighted by molar-refractivity contribution is 0.0661. The summed E-state index contributed by atoms with van der Waals surface area (Å²) < 4.78 is 1.88. The van der Waals surface area contributed by atoms with E-state index in [0.29, 0.717) is 5.56 Å². The summed E-state index contributed by atoms with van der Waals surface area (Å²) in [4.78, 5) is 14.4. The maximum absolute atomic E-state index is 12.2. The summed E-state index contributed by atoms with van der Waals surface area (Å²) in [6.45, 7) is 3.69. The van der Waals surface area contributed by atoms with Crippen molar-refractivity contribution >= 4 is 44.4 Å². The molecule has 18 heavy (non-hydrogen) atoms. The van der Waals surface area contributed by atoms with Crippen LogP contribution in [0.25, 0.3) is 0 Å². The van der Waals surface area contributed by atoms with Crippen molar-refractivity contribution in [1.29, 1.82) is 0 Å². The third kappa shape index (κ3) is 3.66. The van der Waals surface area contributed by atoms with E-state index >= 15 is 0 Å². The molecule has 0 radical (unpaired) electrons. The molecule has 0 bridgehead atoms. The van der Waals surface area contributed by atoms with Crippen molar-refractivity contribution in [3.63, 3.8) is 0 Å². The topological polar surface area (TPSA) is 35.6 Å². The van der Waals surface area contributed by atoms with Gasteiger partial charge in [-0.1, -0.05) is 0 Å². The largest absolute Gasteiger partial charge is 0.304 e. The van der Waals surface area contributed by atoms with Crippen molar-refractivity contribution in [2.75, 3.05) is 33.2 Å². The Balaban J connectivity index is 2.01. The van der Waals surface area contributed by atoms with E-state index in [0.717, 1.165) is 34.2 Å². The normalized spacial score (nSPS) is 17.7. The third-order valence-electron chi connectivity index (χ3n) is 2.94. The summed E-state index contributed by atoms with van der Waals surface area (Å²) in [5.41, 5.74) is 3.64. The summed E-state index contributed by atoms with van der Waals surface area (Å²) in [6, 6.07) is 5.76. The van der Waals surface area contributed by atoms with Crippen LogP contribution in [0.15, 0.2) is 22.7 Å². The molecule has 0 spiro atoms. The molecule has 0 unspecified atom stereocenters. The fraction of sp³-hybridized carbons (Fsp3) is 0.417. The van der Waals surface area contributed by atoms with Gasteiger partial charge in [0.15, 0.2) is 0 Å². The van der Waals surface area contributed by atoms with Gasteiger partial charge in [0.2, 0.25) is 0 Å². The molecule has 0 aliphatic carbocycles. The SMILES string of the molecule is CN1CCN(NC(=O)c2cc(I)ccc2Br)CC1. The number of carbonyl (C=O) groups is 1. The number of nitrogens with zero attached hydrogens (tertiary/aromatic N) is 2. The van der Waals surface area contributed by atoms with Gasteiger partial charge in [0.05, 0.1) is 5.56 Å². The molecule has 0 aromatic heterocycles. The Labute approximate surface area is 129 Å². The highest BCUT2D eigenvalue weighted by Gasteiger charge is 2.17. The molecule has 4 nitrogen and oxygen atoms in total. The van der Waals surface area contributed by atoms with E-state index in [1.807, 2.05) is 23.2 Å². The van der Waals surface area contributed by atoms with Crippen LogP contribution in [0.2, 0.25) is 0 Å². The first kappa shape index (κ1) is 14.2. The Morgan fingerprint density at radius 2 is 2.00 bits per heavy atom. The second-order valence-corrected chi connectivity index (χ2v) is 6.46. The Kier molecular flexibility index (Phi) is 4.99. The maximum Gasteiger partial charge on any atom is 0.266 e. The number of amides is 1. The number of hydrogen-bond donors (Lipinski definition) is 1. The predicted molar refractivity (Wildman–Crippen MR) is 83.4 cm³/mol. The van der Waals surface area contributed by atoms with Crippen LogP contribution in [0.5, 0.6) is 0 Å². The minimum Gasteiger partial charge on any atom is -0.304 e. The summed E-state index contributed by atoms with van der Waals surface area (Å²) in [5.74, 6) is -0.0510. The zero-order valence-corrected chi connectivity index (χ0v) is 13.9. The highest BCUT2D eigenvalue weighted by Crippen LogP contribution is 2.19. The molecule has 2 rings (SSSR count). The van der Waals surface area contributed by atoms with E-state index in [1.54, 1.807) is 0 Å². The Hall–Kier alpha value is -0.180. The van der Waals surface area contributed by atoms with Crippen LogP contribution in [0, 0.1) is 3.57 Å². The molecule has 0 atom stereocenters. The van der Waals surface area contributed by atoms with E-state index < -0.39 is 0 Å². The summed E-state index contributed by atoms with van der Waals surface area (Å²) >= 11 is 5.62. The highest BCUT2D eigenvalue weighted by atomic mass is 127. The van der Waals surface area contributed by atoms with Crippen LogP contribution in [-0.2, 0) is 0 Å². The van der Waals surface area contributed by atoms with Crippen molar-refractivity contribution in [3.05, 3.63) is 31.8 Å². The number of likely N-dealkylation sites (N-methyl/N-ethyl adjacent to an activating group) is 1. The molecule has 1 fully saturated rings. The first-order valence-corrected chi connectivity index (χ1v) is 7.63. The van der Waals surface area contributed by atoms with Crippen molar-refractivity contribution < 1.29 is 4.79 Å². The number of carbonyl (C=O) groups excluding carboxylic acids is 1. The van der Waals surface area contributed by atoms with Crippen LogP contribution in [0.3, 0.4) is 0 Å². The van der Waals surface area contributed by atoms with Crippen LogP contribution >= 0.6 is 38.5 Å². The molecule has 1 aliphatic heterocycles. The van der Waals surface area contributed by atoms with Gasteiger partial charge in [0.25, 0.3) is 5.91 Å². The van der Waals surface area contributed by atoms with Gasteiger partial charge in [-0.3, -0.25) is 10.2 Å². The standard InChI is InChI=1S/C12H15BrIN3O/c1-16-4-6-17(7-5-16)15-12(18)10-8-9(14)2-3-11(10)13/h2-3,8H,4-7H2,1H3,(H,15,18). The lowest BCUT2D eigenvalue weighted by Gasteiger charge is -2.32. The molecular formula is C12H15BrIN3O. The third-order valence-corrected chi connectivity index (χ3v) is 4.30. The number of benzene rings is 1. The Morgan fingerprint density at radius 1 is 1.33 bits per heavy atom. The summed E-state index contributed by atoms with van der Waals surface area (Å²) in [6.07, 6.45) is 0. The molecule has 1 aliphatic rings. The smallest absolute Gasteiger partial charge is 0.266 e. The quantitative estimate of drug-likeness (QED) is 0.738.